The lowest BCUT2D eigenvalue weighted by atomic mass is 9.93. The predicted octanol–water partition coefficient (Wildman–Crippen LogP) is 4.63. The predicted molar refractivity (Wildman–Crippen MR) is 87.1 cm³/mol. The van der Waals surface area contributed by atoms with Gasteiger partial charge in [-0.3, -0.25) is 0 Å². The van der Waals surface area contributed by atoms with Gasteiger partial charge >= 0.3 is 0 Å². The number of fused-ring (bicyclic) bond motifs is 1. The molecule has 0 amide bonds. The van der Waals surface area contributed by atoms with Gasteiger partial charge in [0, 0.05) is 33.1 Å². The zero-order valence-corrected chi connectivity index (χ0v) is 13.8. The number of rotatable bonds is 2. The van der Waals surface area contributed by atoms with Gasteiger partial charge in [-0.15, -0.1) is 0 Å². The molecule has 2 unspecified atom stereocenters. The monoisotopic (exact) mass is 367 g/mol. The summed E-state index contributed by atoms with van der Waals surface area (Å²) in [5.74, 6) is 1.59. The second kappa shape index (κ2) is 5.87. The first-order chi connectivity index (χ1) is 10.1. The van der Waals surface area contributed by atoms with Crippen molar-refractivity contribution in [2.45, 2.75) is 18.6 Å². The normalized spacial score (nSPS) is 20.6. The van der Waals surface area contributed by atoms with Gasteiger partial charge in [0.25, 0.3) is 0 Å². The van der Waals surface area contributed by atoms with E-state index in [-0.39, 0.29) is 12.1 Å². The number of benzene rings is 2. The Balaban J connectivity index is 1.97. The molecular formula is C16H15BrClNO2. The van der Waals surface area contributed by atoms with Gasteiger partial charge in [-0.05, 0) is 36.4 Å². The molecule has 0 saturated carbocycles. The summed E-state index contributed by atoms with van der Waals surface area (Å²) in [6.45, 7) is 0. The first kappa shape index (κ1) is 14.7. The van der Waals surface area contributed by atoms with Crippen molar-refractivity contribution in [1.82, 2.24) is 0 Å². The van der Waals surface area contributed by atoms with Gasteiger partial charge in [-0.25, -0.2) is 0 Å². The van der Waals surface area contributed by atoms with Crippen molar-refractivity contribution < 1.29 is 9.47 Å². The fourth-order valence-corrected chi connectivity index (χ4v) is 3.24. The Morgan fingerprint density at radius 3 is 2.81 bits per heavy atom. The Bertz CT molecular complexity index is 677. The molecule has 110 valence electrons. The summed E-state index contributed by atoms with van der Waals surface area (Å²) in [5.41, 5.74) is 8.27. The van der Waals surface area contributed by atoms with Crippen molar-refractivity contribution in [2.24, 2.45) is 5.73 Å². The Kier molecular flexibility index (Phi) is 4.11. The van der Waals surface area contributed by atoms with Crippen LogP contribution in [0.3, 0.4) is 0 Å². The fraction of sp³-hybridized carbons (Fsp3) is 0.250. The highest BCUT2D eigenvalue weighted by Crippen LogP contribution is 2.43. The highest BCUT2D eigenvalue weighted by molar-refractivity contribution is 9.10. The molecule has 3 nitrogen and oxygen atoms in total. The average Bonchev–Trinajstić information content (AvgIpc) is 2.48. The van der Waals surface area contributed by atoms with Crippen LogP contribution in [0.15, 0.2) is 40.9 Å². The van der Waals surface area contributed by atoms with Crippen molar-refractivity contribution in [2.75, 3.05) is 7.11 Å². The first-order valence-corrected chi connectivity index (χ1v) is 7.80. The van der Waals surface area contributed by atoms with Crippen molar-refractivity contribution in [3.8, 4) is 11.5 Å². The van der Waals surface area contributed by atoms with Crippen LogP contribution in [0.2, 0.25) is 5.02 Å². The van der Waals surface area contributed by atoms with Crippen LogP contribution in [0.25, 0.3) is 0 Å². The lowest BCUT2D eigenvalue weighted by Crippen LogP contribution is -2.24. The van der Waals surface area contributed by atoms with E-state index in [1.54, 1.807) is 7.11 Å². The summed E-state index contributed by atoms with van der Waals surface area (Å²) in [4.78, 5) is 0. The molecule has 2 aromatic carbocycles. The molecule has 0 spiro atoms. The van der Waals surface area contributed by atoms with Crippen LogP contribution < -0.4 is 15.2 Å². The maximum absolute atomic E-state index is 6.28. The van der Waals surface area contributed by atoms with Crippen LogP contribution in [-0.4, -0.2) is 7.11 Å². The van der Waals surface area contributed by atoms with Crippen molar-refractivity contribution >= 4 is 27.5 Å². The Labute approximate surface area is 137 Å². The zero-order valence-electron chi connectivity index (χ0n) is 11.5. The molecule has 5 heteroatoms. The summed E-state index contributed by atoms with van der Waals surface area (Å²) < 4.78 is 12.4. The maximum Gasteiger partial charge on any atom is 0.127 e. The quantitative estimate of drug-likeness (QED) is 0.840. The molecule has 2 aromatic rings. The van der Waals surface area contributed by atoms with Gasteiger partial charge in [0.05, 0.1) is 7.11 Å². The molecule has 0 fully saturated rings. The molecule has 1 aliphatic heterocycles. The third kappa shape index (κ3) is 2.89. The van der Waals surface area contributed by atoms with Gasteiger partial charge in [-0.1, -0.05) is 27.5 Å². The molecule has 2 N–H and O–H groups in total. The highest BCUT2D eigenvalue weighted by Gasteiger charge is 2.28. The standard InChI is InChI=1S/C16H15BrClNO2/c1-20-10-3-4-13(17)11(7-10)16-8-14(19)12-6-9(18)2-5-15(12)21-16/h2-7,14,16H,8,19H2,1H3. The largest absolute Gasteiger partial charge is 0.497 e. The Hall–Kier alpha value is -1.23. The van der Waals surface area contributed by atoms with E-state index < -0.39 is 0 Å². The maximum atomic E-state index is 6.28. The van der Waals surface area contributed by atoms with E-state index in [0.29, 0.717) is 11.4 Å². The summed E-state index contributed by atoms with van der Waals surface area (Å²) in [5, 5.41) is 0.675. The second-order valence-electron chi connectivity index (χ2n) is 5.02. The number of halogens is 2. The molecule has 2 atom stereocenters. The minimum atomic E-state index is -0.113. The summed E-state index contributed by atoms with van der Waals surface area (Å²) in [6, 6.07) is 11.3. The number of hydrogen-bond donors (Lipinski definition) is 1. The van der Waals surface area contributed by atoms with Gasteiger partial charge in [-0.2, -0.15) is 0 Å². The lowest BCUT2D eigenvalue weighted by molar-refractivity contribution is 0.160. The van der Waals surface area contributed by atoms with E-state index in [2.05, 4.69) is 15.9 Å². The van der Waals surface area contributed by atoms with Crippen LogP contribution in [0.5, 0.6) is 11.5 Å². The number of methoxy groups -OCH3 is 1. The SMILES string of the molecule is COc1ccc(Br)c(C2CC(N)c3cc(Cl)ccc3O2)c1. The van der Waals surface area contributed by atoms with E-state index in [1.165, 1.54) is 0 Å². The van der Waals surface area contributed by atoms with Crippen molar-refractivity contribution in [1.29, 1.82) is 0 Å². The van der Waals surface area contributed by atoms with Crippen LogP contribution >= 0.6 is 27.5 Å². The third-order valence-corrected chi connectivity index (χ3v) is 4.62. The van der Waals surface area contributed by atoms with E-state index in [9.17, 15) is 0 Å². The van der Waals surface area contributed by atoms with E-state index in [1.807, 2.05) is 36.4 Å². The van der Waals surface area contributed by atoms with Crippen LogP contribution in [0.4, 0.5) is 0 Å². The van der Waals surface area contributed by atoms with Gasteiger partial charge < -0.3 is 15.2 Å². The smallest absolute Gasteiger partial charge is 0.127 e. The Morgan fingerprint density at radius 1 is 1.24 bits per heavy atom. The van der Waals surface area contributed by atoms with E-state index in [4.69, 9.17) is 26.8 Å². The van der Waals surface area contributed by atoms with Gasteiger partial charge in [0.2, 0.25) is 0 Å². The summed E-state index contributed by atoms with van der Waals surface area (Å²) in [6.07, 6.45) is 0.581. The second-order valence-corrected chi connectivity index (χ2v) is 6.31. The minimum Gasteiger partial charge on any atom is -0.497 e. The molecule has 0 bridgehead atoms. The van der Waals surface area contributed by atoms with Gasteiger partial charge in [0.1, 0.15) is 17.6 Å². The molecular weight excluding hydrogens is 354 g/mol. The van der Waals surface area contributed by atoms with Crippen LogP contribution in [-0.2, 0) is 0 Å². The third-order valence-electron chi connectivity index (χ3n) is 3.66. The molecule has 1 aliphatic rings. The van der Waals surface area contributed by atoms with Crippen LogP contribution in [0.1, 0.15) is 29.7 Å². The molecule has 0 aromatic heterocycles. The lowest BCUT2D eigenvalue weighted by Gasteiger charge is -2.31. The zero-order chi connectivity index (χ0) is 15.0. The minimum absolute atomic E-state index is 0.101. The van der Waals surface area contributed by atoms with E-state index in [0.717, 1.165) is 27.1 Å². The van der Waals surface area contributed by atoms with Gasteiger partial charge in [0.15, 0.2) is 0 Å². The van der Waals surface area contributed by atoms with Crippen LogP contribution in [0, 0.1) is 0 Å². The Morgan fingerprint density at radius 2 is 2.05 bits per heavy atom. The van der Waals surface area contributed by atoms with E-state index >= 15 is 0 Å². The van der Waals surface area contributed by atoms with Crippen molar-refractivity contribution in [3.63, 3.8) is 0 Å². The summed E-state index contributed by atoms with van der Waals surface area (Å²) >= 11 is 9.59. The molecule has 21 heavy (non-hydrogen) atoms. The summed E-state index contributed by atoms with van der Waals surface area (Å²) in [7, 11) is 1.65. The fourth-order valence-electron chi connectivity index (χ4n) is 2.56. The number of nitrogens with two attached hydrogens (primary N) is 1. The molecule has 0 saturated heterocycles. The topological polar surface area (TPSA) is 44.5 Å². The highest BCUT2D eigenvalue weighted by atomic mass is 79.9. The molecule has 3 rings (SSSR count). The number of hydrogen-bond acceptors (Lipinski definition) is 3. The molecule has 0 aliphatic carbocycles. The van der Waals surface area contributed by atoms with Crippen molar-refractivity contribution in [3.05, 3.63) is 57.0 Å². The first-order valence-electron chi connectivity index (χ1n) is 6.63. The number of ether oxygens (including phenoxy) is 2. The molecule has 0 radical (unpaired) electrons. The molecule has 1 heterocycles. The average molecular weight is 369 g/mol.